The van der Waals surface area contributed by atoms with E-state index < -0.39 is 11.7 Å². The number of nitrogens with zero attached hydrogens (tertiary/aromatic N) is 2. The number of likely N-dealkylation sites (tertiary alicyclic amines) is 1. The summed E-state index contributed by atoms with van der Waals surface area (Å²) in [5, 5.41) is 22.0. The second kappa shape index (κ2) is 8.50. The maximum absolute atomic E-state index is 12.1. The van der Waals surface area contributed by atoms with Crippen LogP contribution in [-0.2, 0) is 16.8 Å². The Kier molecular flexibility index (Phi) is 5.96. The summed E-state index contributed by atoms with van der Waals surface area (Å²) in [4.78, 5) is 16.2. The van der Waals surface area contributed by atoms with Crippen molar-refractivity contribution >= 4 is 11.6 Å². The average Bonchev–Trinajstić information content (AvgIpc) is 3.18. The van der Waals surface area contributed by atoms with Gasteiger partial charge in [-0.3, -0.25) is 4.79 Å². The summed E-state index contributed by atoms with van der Waals surface area (Å²) in [6.45, 7) is 6.73. The van der Waals surface area contributed by atoms with E-state index in [4.69, 9.17) is 0 Å². The molecule has 1 atom stereocenters. The average molecular weight is 409 g/mol. The van der Waals surface area contributed by atoms with E-state index in [0.717, 1.165) is 54.0 Å². The van der Waals surface area contributed by atoms with Gasteiger partial charge >= 0.3 is 0 Å². The number of amides is 1. The molecule has 2 aromatic rings. The SMILES string of the molecule is CCC(=O)N1CCc2cc([C@H](O)CN3CCC(O)(c4ccccc4C)CC3)ccc21. The molecule has 0 bridgehead atoms. The van der Waals surface area contributed by atoms with Crippen LogP contribution in [0.1, 0.15) is 54.5 Å². The van der Waals surface area contributed by atoms with Crippen LogP contribution in [0, 0.1) is 6.92 Å². The summed E-state index contributed by atoms with van der Waals surface area (Å²) >= 11 is 0. The molecule has 5 nitrogen and oxygen atoms in total. The highest BCUT2D eigenvalue weighted by Gasteiger charge is 2.35. The Labute approximate surface area is 178 Å². The molecule has 0 saturated carbocycles. The third-order valence-electron chi connectivity index (χ3n) is 6.75. The zero-order valence-corrected chi connectivity index (χ0v) is 18.0. The van der Waals surface area contributed by atoms with Crippen LogP contribution in [0.4, 0.5) is 5.69 Å². The molecule has 30 heavy (non-hydrogen) atoms. The second-order valence-corrected chi connectivity index (χ2v) is 8.70. The number of carbonyl (C=O) groups excluding carboxylic acids is 1. The van der Waals surface area contributed by atoms with E-state index in [1.807, 2.05) is 55.1 Å². The highest BCUT2D eigenvalue weighted by Crippen LogP contribution is 2.36. The molecule has 2 aromatic carbocycles. The summed E-state index contributed by atoms with van der Waals surface area (Å²) in [6.07, 6.45) is 2.12. The number of fused-ring (bicyclic) bond motifs is 1. The second-order valence-electron chi connectivity index (χ2n) is 8.70. The molecule has 0 spiro atoms. The van der Waals surface area contributed by atoms with Gasteiger partial charge in [-0.15, -0.1) is 0 Å². The third-order valence-corrected chi connectivity index (χ3v) is 6.75. The first-order valence-electron chi connectivity index (χ1n) is 11.0. The molecular weight excluding hydrogens is 376 g/mol. The Balaban J connectivity index is 1.38. The van der Waals surface area contributed by atoms with E-state index in [2.05, 4.69) is 11.0 Å². The molecule has 2 aliphatic heterocycles. The number of rotatable bonds is 5. The van der Waals surface area contributed by atoms with Crippen LogP contribution < -0.4 is 4.90 Å². The summed E-state index contributed by atoms with van der Waals surface area (Å²) in [7, 11) is 0. The van der Waals surface area contributed by atoms with Gasteiger partial charge in [0.2, 0.25) is 5.91 Å². The Hall–Kier alpha value is -2.21. The molecule has 2 aliphatic rings. The minimum absolute atomic E-state index is 0.150. The van der Waals surface area contributed by atoms with Gasteiger partial charge in [0.1, 0.15) is 0 Å². The highest BCUT2D eigenvalue weighted by atomic mass is 16.3. The number of carbonyl (C=O) groups is 1. The van der Waals surface area contributed by atoms with Gasteiger partial charge in [-0.25, -0.2) is 0 Å². The molecule has 1 fully saturated rings. The van der Waals surface area contributed by atoms with Crippen LogP contribution >= 0.6 is 0 Å². The topological polar surface area (TPSA) is 64.0 Å². The Morgan fingerprint density at radius 2 is 1.87 bits per heavy atom. The molecule has 0 radical (unpaired) electrons. The van der Waals surface area contributed by atoms with Crippen LogP contribution in [0.3, 0.4) is 0 Å². The first-order valence-corrected chi connectivity index (χ1v) is 11.0. The molecule has 2 heterocycles. The number of anilines is 1. The largest absolute Gasteiger partial charge is 0.387 e. The summed E-state index contributed by atoms with van der Waals surface area (Å²) in [5.74, 6) is 0.150. The normalized spacial score (nSPS) is 19.5. The lowest BCUT2D eigenvalue weighted by Gasteiger charge is -2.40. The van der Waals surface area contributed by atoms with Crippen molar-refractivity contribution in [2.24, 2.45) is 0 Å². The highest BCUT2D eigenvalue weighted by molar-refractivity contribution is 5.95. The summed E-state index contributed by atoms with van der Waals surface area (Å²) < 4.78 is 0. The molecule has 160 valence electrons. The van der Waals surface area contributed by atoms with Gasteiger partial charge in [0.05, 0.1) is 11.7 Å². The van der Waals surface area contributed by atoms with Crippen LogP contribution in [0.25, 0.3) is 0 Å². The fourth-order valence-corrected chi connectivity index (χ4v) is 4.90. The molecule has 0 aromatic heterocycles. The maximum atomic E-state index is 12.1. The van der Waals surface area contributed by atoms with Crippen molar-refractivity contribution in [3.8, 4) is 0 Å². The number of piperidine rings is 1. The van der Waals surface area contributed by atoms with Gasteiger partial charge in [0.15, 0.2) is 0 Å². The third kappa shape index (κ3) is 4.02. The van der Waals surface area contributed by atoms with E-state index in [-0.39, 0.29) is 5.91 Å². The lowest BCUT2D eigenvalue weighted by atomic mass is 9.82. The fourth-order valence-electron chi connectivity index (χ4n) is 4.90. The van der Waals surface area contributed by atoms with Crippen LogP contribution in [0.2, 0.25) is 0 Å². The fraction of sp³-hybridized carbons (Fsp3) is 0.480. The van der Waals surface area contributed by atoms with E-state index in [0.29, 0.717) is 25.8 Å². The smallest absolute Gasteiger partial charge is 0.226 e. The Bertz CT molecular complexity index is 918. The number of aliphatic hydroxyl groups excluding tert-OH is 1. The lowest BCUT2D eigenvalue weighted by molar-refractivity contribution is -0.118. The number of aryl methyl sites for hydroxylation is 1. The van der Waals surface area contributed by atoms with Crippen molar-refractivity contribution in [2.75, 3.05) is 31.1 Å². The van der Waals surface area contributed by atoms with Crippen molar-refractivity contribution in [3.63, 3.8) is 0 Å². The van der Waals surface area contributed by atoms with Crippen molar-refractivity contribution < 1.29 is 15.0 Å². The quantitative estimate of drug-likeness (QED) is 0.797. The molecule has 5 heteroatoms. The minimum Gasteiger partial charge on any atom is -0.387 e. The van der Waals surface area contributed by atoms with Crippen molar-refractivity contribution in [1.82, 2.24) is 4.90 Å². The first-order chi connectivity index (χ1) is 14.4. The molecule has 1 amide bonds. The molecule has 4 rings (SSSR count). The summed E-state index contributed by atoms with van der Waals surface area (Å²) in [6, 6.07) is 14.0. The Morgan fingerprint density at radius 1 is 1.13 bits per heavy atom. The number of β-amino-alcohol motifs (C(OH)–C–C–N with tert-alkyl or cyclic N) is 1. The predicted octanol–water partition coefficient (Wildman–Crippen LogP) is 3.31. The van der Waals surface area contributed by atoms with E-state index in [1.165, 1.54) is 0 Å². The van der Waals surface area contributed by atoms with E-state index >= 15 is 0 Å². The van der Waals surface area contributed by atoms with Gasteiger partial charge in [0.25, 0.3) is 0 Å². The van der Waals surface area contributed by atoms with Gasteiger partial charge in [-0.2, -0.15) is 0 Å². The van der Waals surface area contributed by atoms with Crippen LogP contribution in [0.15, 0.2) is 42.5 Å². The van der Waals surface area contributed by atoms with Gasteiger partial charge in [-0.1, -0.05) is 43.3 Å². The molecule has 1 saturated heterocycles. The standard InChI is InChI=1S/C25H32N2O3/c1-3-24(29)27-13-10-19-16-20(8-9-22(19)27)23(28)17-26-14-11-25(30,12-15-26)21-7-5-4-6-18(21)2/h4-9,16,23,28,30H,3,10-15,17H2,1-2H3/t23-/m1/s1. The lowest BCUT2D eigenvalue weighted by Crippen LogP contribution is -2.44. The van der Waals surface area contributed by atoms with Gasteiger partial charge in [0, 0.05) is 38.3 Å². The van der Waals surface area contributed by atoms with Crippen LogP contribution in [-0.4, -0.2) is 47.2 Å². The van der Waals surface area contributed by atoms with Crippen molar-refractivity contribution in [1.29, 1.82) is 0 Å². The van der Waals surface area contributed by atoms with Crippen LogP contribution in [0.5, 0.6) is 0 Å². The number of aliphatic hydroxyl groups is 2. The molecule has 0 unspecified atom stereocenters. The number of benzene rings is 2. The van der Waals surface area contributed by atoms with Crippen molar-refractivity contribution in [2.45, 2.75) is 51.2 Å². The van der Waals surface area contributed by atoms with E-state index in [9.17, 15) is 15.0 Å². The molecule has 0 aliphatic carbocycles. The molecular formula is C25H32N2O3. The number of hydrogen-bond donors (Lipinski definition) is 2. The van der Waals surface area contributed by atoms with Gasteiger partial charge in [-0.05, 0) is 54.5 Å². The minimum atomic E-state index is -0.782. The van der Waals surface area contributed by atoms with Gasteiger partial charge < -0.3 is 20.0 Å². The zero-order chi connectivity index (χ0) is 21.3. The predicted molar refractivity (Wildman–Crippen MR) is 118 cm³/mol. The Morgan fingerprint density at radius 3 is 2.57 bits per heavy atom. The maximum Gasteiger partial charge on any atom is 0.226 e. The summed E-state index contributed by atoms with van der Waals surface area (Å²) in [5.41, 5.74) is 4.40. The van der Waals surface area contributed by atoms with Crippen molar-refractivity contribution in [3.05, 3.63) is 64.7 Å². The molecule has 2 N–H and O–H groups in total. The first kappa shape index (κ1) is 21.0. The zero-order valence-electron chi connectivity index (χ0n) is 18.0. The number of hydrogen-bond acceptors (Lipinski definition) is 4. The monoisotopic (exact) mass is 408 g/mol. The van der Waals surface area contributed by atoms with E-state index in [1.54, 1.807) is 0 Å².